The maximum atomic E-state index is 13.6. The number of carbonyl (C=O) groups is 4. The average molecular weight is 797 g/mol. The number of carbonyl (C=O) groups excluding carboxylic acids is 2. The van der Waals surface area contributed by atoms with Crippen LogP contribution in [-0.2, 0) is 51.0 Å². The van der Waals surface area contributed by atoms with Crippen LogP contribution in [-0.4, -0.2) is 55.5 Å². The highest BCUT2D eigenvalue weighted by Crippen LogP contribution is 2.32. The Kier molecular flexibility index (Phi) is 12.8. The molecule has 3 aromatic carbocycles. The number of hydrogen-bond acceptors (Lipinski definition) is 8. The molecule has 0 aliphatic carbocycles. The van der Waals surface area contributed by atoms with Crippen LogP contribution in [0.1, 0.15) is 48.3 Å². The minimum atomic E-state index is -4.47. The molecule has 0 saturated heterocycles. The third-order valence-electron chi connectivity index (χ3n) is 8.61. The van der Waals surface area contributed by atoms with Crippen LogP contribution in [0.4, 0.5) is 17.6 Å². The average Bonchev–Trinajstić information content (AvgIpc) is 3.77. The molecule has 5 aromatic rings. The second-order valence-electron chi connectivity index (χ2n) is 13.4. The van der Waals surface area contributed by atoms with Crippen molar-refractivity contribution in [3.05, 3.63) is 117 Å². The zero-order valence-electron chi connectivity index (χ0n) is 29.5. The van der Waals surface area contributed by atoms with Crippen LogP contribution in [0, 0.1) is 11.7 Å². The van der Waals surface area contributed by atoms with Crippen LogP contribution in [0.25, 0.3) is 21.1 Å². The molecule has 0 aliphatic rings. The Labute approximate surface area is 321 Å². The number of aliphatic carboxylic acids is 2. The van der Waals surface area contributed by atoms with Crippen molar-refractivity contribution in [3.8, 4) is 21.1 Å². The number of amides is 2. The number of hydrogen-bond donors (Lipinski definition) is 4. The van der Waals surface area contributed by atoms with Crippen LogP contribution in [0.15, 0.2) is 83.6 Å². The van der Waals surface area contributed by atoms with Gasteiger partial charge in [0.2, 0.25) is 11.8 Å². The summed E-state index contributed by atoms with van der Waals surface area (Å²) in [5.41, 5.74) is 0.729. The van der Waals surface area contributed by atoms with Crippen LogP contribution < -0.4 is 10.6 Å². The second kappa shape index (κ2) is 17.3. The van der Waals surface area contributed by atoms with Gasteiger partial charge in [0.1, 0.15) is 27.4 Å². The SMILES string of the molecule is CC(Cc1cccc(CC(C)(NC(=O)Cc2csc(-c3cccc(F)c3)n2)C(=O)O)c1)C[C@H](NC(=O)Cc1csc(-c2ccc(C(F)(F)F)cc2)n1)C(=O)O. The lowest BCUT2D eigenvalue weighted by atomic mass is 9.89. The highest BCUT2D eigenvalue weighted by Gasteiger charge is 2.35. The van der Waals surface area contributed by atoms with E-state index < -0.39 is 52.9 Å². The molecule has 0 spiro atoms. The first-order chi connectivity index (χ1) is 26.0. The van der Waals surface area contributed by atoms with Crippen LogP contribution >= 0.6 is 22.7 Å². The molecule has 0 saturated carbocycles. The van der Waals surface area contributed by atoms with Gasteiger partial charge in [0.15, 0.2) is 0 Å². The van der Waals surface area contributed by atoms with Gasteiger partial charge >= 0.3 is 18.1 Å². The minimum Gasteiger partial charge on any atom is -0.480 e. The van der Waals surface area contributed by atoms with E-state index in [0.717, 1.165) is 29.0 Å². The number of alkyl halides is 3. The summed E-state index contributed by atoms with van der Waals surface area (Å²) in [7, 11) is 0. The summed E-state index contributed by atoms with van der Waals surface area (Å²) in [6, 6.07) is 16.3. The Morgan fingerprint density at radius 2 is 1.40 bits per heavy atom. The van der Waals surface area contributed by atoms with Gasteiger partial charge in [0.05, 0.1) is 29.8 Å². The van der Waals surface area contributed by atoms with Crippen molar-refractivity contribution in [1.82, 2.24) is 20.6 Å². The first kappa shape index (κ1) is 40.7. The number of aromatic nitrogens is 2. The van der Waals surface area contributed by atoms with Gasteiger partial charge in [0.25, 0.3) is 0 Å². The van der Waals surface area contributed by atoms with Crippen LogP contribution in [0.2, 0.25) is 0 Å². The summed E-state index contributed by atoms with van der Waals surface area (Å²) >= 11 is 2.39. The van der Waals surface area contributed by atoms with Crippen molar-refractivity contribution in [3.63, 3.8) is 0 Å². The topological polar surface area (TPSA) is 159 Å². The maximum Gasteiger partial charge on any atom is 0.416 e. The number of rotatable bonds is 16. The molecule has 0 aliphatic heterocycles. The second-order valence-corrected chi connectivity index (χ2v) is 15.1. The molecule has 2 unspecified atom stereocenters. The van der Waals surface area contributed by atoms with E-state index in [0.29, 0.717) is 44.5 Å². The van der Waals surface area contributed by atoms with Crippen molar-refractivity contribution in [2.24, 2.45) is 5.92 Å². The normalized spacial score (nSPS) is 13.7. The molecule has 0 bridgehead atoms. The molecule has 2 aromatic heterocycles. The lowest BCUT2D eigenvalue weighted by molar-refractivity contribution is -0.146. The molecular weight excluding hydrogens is 761 g/mol. The van der Waals surface area contributed by atoms with Gasteiger partial charge in [-0.05, 0) is 61.1 Å². The van der Waals surface area contributed by atoms with Crippen molar-refractivity contribution in [2.45, 2.75) is 63.7 Å². The fourth-order valence-electron chi connectivity index (χ4n) is 5.95. The molecule has 3 atom stereocenters. The van der Waals surface area contributed by atoms with E-state index in [-0.39, 0.29) is 31.6 Å². The minimum absolute atomic E-state index is 0.0487. The Balaban J connectivity index is 1.15. The quantitative estimate of drug-likeness (QED) is 0.0763. The van der Waals surface area contributed by atoms with Gasteiger partial charge in [-0.15, -0.1) is 22.7 Å². The first-order valence-electron chi connectivity index (χ1n) is 16.9. The fraction of sp³-hybridized carbons (Fsp3) is 0.282. The molecular formula is C39H36F4N4O6S2. The summed E-state index contributed by atoms with van der Waals surface area (Å²) in [5, 5.41) is 29.3. The number of halogens is 4. The largest absolute Gasteiger partial charge is 0.480 e. The van der Waals surface area contributed by atoms with E-state index in [1.807, 2.05) is 13.0 Å². The molecule has 16 heteroatoms. The van der Waals surface area contributed by atoms with E-state index in [2.05, 4.69) is 20.6 Å². The van der Waals surface area contributed by atoms with Crippen LogP contribution in [0.5, 0.6) is 0 Å². The Morgan fingerprint density at radius 3 is 2.00 bits per heavy atom. The molecule has 10 nitrogen and oxygen atoms in total. The van der Waals surface area contributed by atoms with Gasteiger partial charge < -0.3 is 20.8 Å². The van der Waals surface area contributed by atoms with E-state index in [4.69, 9.17) is 0 Å². The highest BCUT2D eigenvalue weighted by atomic mass is 32.1. The van der Waals surface area contributed by atoms with Gasteiger partial charge in [-0.3, -0.25) is 9.59 Å². The molecule has 0 radical (unpaired) electrons. The monoisotopic (exact) mass is 796 g/mol. The predicted octanol–water partition coefficient (Wildman–Crippen LogP) is 7.22. The number of thiazole rings is 2. The van der Waals surface area contributed by atoms with Crippen LogP contribution in [0.3, 0.4) is 0 Å². The van der Waals surface area contributed by atoms with Crippen molar-refractivity contribution >= 4 is 46.4 Å². The molecule has 2 heterocycles. The van der Waals surface area contributed by atoms with Crippen molar-refractivity contribution < 1.29 is 47.0 Å². The summed E-state index contributed by atoms with van der Waals surface area (Å²) < 4.78 is 52.4. The molecule has 2 amide bonds. The third-order valence-corrected chi connectivity index (χ3v) is 10.5. The third kappa shape index (κ3) is 11.3. The van der Waals surface area contributed by atoms with E-state index >= 15 is 0 Å². The highest BCUT2D eigenvalue weighted by molar-refractivity contribution is 7.13. The fourth-order valence-corrected chi connectivity index (χ4v) is 7.59. The number of carboxylic acid groups (broad SMARTS) is 2. The molecule has 0 fully saturated rings. The number of carboxylic acids is 2. The van der Waals surface area contributed by atoms with E-state index in [1.165, 1.54) is 42.5 Å². The maximum absolute atomic E-state index is 13.6. The van der Waals surface area contributed by atoms with Crippen molar-refractivity contribution in [1.29, 1.82) is 0 Å². The molecule has 4 N–H and O–H groups in total. The number of nitrogens with one attached hydrogen (secondary N) is 2. The Morgan fingerprint density at radius 1 is 0.800 bits per heavy atom. The zero-order valence-corrected chi connectivity index (χ0v) is 31.2. The smallest absolute Gasteiger partial charge is 0.416 e. The van der Waals surface area contributed by atoms with Gasteiger partial charge in [-0.2, -0.15) is 13.2 Å². The van der Waals surface area contributed by atoms with E-state index in [9.17, 15) is 47.0 Å². The predicted molar refractivity (Wildman–Crippen MR) is 199 cm³/mol. The standard InChI is InChI=1S/C39H36F4N4O6S2/c1-22(14-31(36(50)51)46-32(48)17-29-20-54-34(44-29)25-9-11-27(12-10-25)39(41,42)43)13-23-5-3-6-24(15-23)19-38(2,37(52)53)47-33(49)18-30-21-55-35(45-30)26-7-4-8-28(40)16-26/h3-12,15-16,20-22,31H,13-14,17-19H2,1-2H3,(H,46,48)(H,47,49)(H,50,51)(H,52,53)/t22?,31-,38?/m0/s1. The lowest BCUT2D eigenvalue weighted by Gasteiger charge is -2.26. The molecule has 55 heavy (non-hydrogen) atoms. The van der Waals surface area contributed by atoms with Crippen molar-refractivity contribution in [2.75, 3.05) is 0 Å². The summed E-state index contributed by atoms with van der Waals surface area (Å²) in [6.45, 7) is 3.23. The lowest BCUT2D eigenvalue weighted by Crippen LogP contribution is -2.54. The zero-order chi connectivity index (χ0) is 39.9. The first-order valence-corrected chi connectivity index (χ1v) is 18.7. The summed E-state index contributed by atoms with van der Waals surface area (Å²) in [4.78, 5) is 59.0. The summed E-state index contributed by atoms with van der Waals surface area (Å²) in [5.74, 6) is -4.26. The number of nitrogens with zero attached hydrogens (tertiary/aromatic N) is 2. The Hall–Kier alpha value is -5.48. The molecule has 288 valence electrons. The number of benzene rings is 3. The molecule has 5 rings (SSSR count). The van der Waals surface area contributed by atoms with Gasteiger partial charge in [-0.1, -0.05) is 55.5 Å². The summed E-state index contributed by atoms with van der Waals surface area (Å²) in [6.07, 6.45) is -4.44. The van der Waals surface area contributed by atoms with Gasteiger partial charge in [0, 0.05) is 28.3 Å². The van der Waals surface area contributed by atoms with Gasteiger partial charge in [-0.25, -0.2) is 23.9 Å². The van der Waals surface area contributed by atoms with E-state index in [1.54, 1.807) is 41.1 Å². The Bertz CT molecular complexity index is 2170.